The van der Waals surface area contributed by atoms with Crippen molar-refractivity contribution in [3.63, 3.8) is 0 Å². The van der Waals surface area contributed by atoms with Crippen LogP contribution in [0.2, 0.25) is 0 Å². The minimum atomic E-state index is -0.136. The van der Waals surface area contributed by atoms with E-state index < -0.39 is 0 Å². The first-order valence-electron chi connectivity index (χ1n) is 9.18. The minimum Gasteiger partial charge on any atom is -0.354 e. The molecule has 7 heteroatoms. The lowest BCUT2D eigenvalue weighted by atomic mass is 10.2. The molecule has 0 spiro atoms. The van der Waals surface area contributed by atoms with Crippen molar-refractivity contribution >= 4 is 22.8 Å². The fourth-order valence-corrected chi connectivity index (χ4v) is 2.82. The number of hydrogen-bond donors (Lipinski definition) is 2. The summed E-state index contributed by atoms with van der Waals surface area (Å²) < 4.78 is 3.42. The molecule has 7 nitrogen and oxygen atoms in total. The van der Waals surface area contributed by atoms with E-state index in [0.717, 1.165) is 17.5 Å². The topological polar surface area (TPSA) is 85.1 Å². The van der Waals surface area contributed by atoms with Gasteiger partial charge in [0.15, 0.2) is 0 Å². The van der Waals surface area contributed by atoms with Gasteiger partial charge in [0.2, 0.25) is 11.8 Å². The molecule has 2 amide bonds. The lowest BCUT2D eigenvalue weighted by Gasteiger charge is -2.09. The average Bonchev–Trinajstić information content (AvgIpc) is 2.89. The van der Waals surface area contributed by atoms with Gasteiger partial charge in [-0.2, -0.15) is 0 Å². The molecule has 0 saturated heterocycles. The van der Waals surface area contributed by atoms with Crippen LogP contribution in [0, 0.1) is 5.92 Å². The van der Waals surface area contributed by atoms with Crippen molar-refractivity contribution in [2.45, 2.75) is 46.7 Å². The van der Waals surface area contributed by atoms with Gasteiger partial charge in [-0.25, -0.2) is 4.79 Å². The van der Waals surface area contributed by atoms with Gasteiger partial charge < -0.3 is 10.6 Å². The third-order valence-corrected chi connectivity index (χ3v) is 4.21. The second-order valence-corrected chi connectivity index (χ2v) is 6.62. The lowest BCUT2D eigenvalue weighted by molar-refractivity contribution is -0.124. The van der Waals surface area contributed by atoms with Gasteiger partial charge >= 0.3 is 5.69 Å². The van der Waals surface area contributed by atoms with Crippen molar-refractivity contribution in [1.82, 2.24) is 19.8 Å². The van der Waals surface area contributed by atoms with E-state index in [1.807, 2.05) is 45.0 Å². The molecule has 26 heavy (non-hydrogen) atoms. The zero-order chi connectivity index (χ0) is 19.1. The summed E-state index contributed by atoms with van der Waals surface area (Å²) in [6, 6.07) is 7.64. The van der Waals surface area contributed by atoms with Crippen LogP contribution < -0.4 is 16.3 Å². The highest BCUT2D eigenvalue weighted by Gasteiger charge is 2.13. The molecule has 1 aromatic heterocycles. The highest BCUT2D eigenvalue weighted by atomic mass is 16.2. The maximum Gasteiger partial charge on any atom is 0.329 e. The van der Waals surface area contributed by atoms with E-state index in [2.05, 4.69) is 10.6 Å². The molecule has 0 saturated carbocycles. The maximum absolute atomic E-state index is 12.6. The Bertz CT molecular complexity index is 820. The van der Waals surface area contributed by atoms with E-state index >= 15 is 0 Å². The van der Waals surface area contributed by atoms with Crippen LogP contribution in [0.4, 0.5) is 0 Å². The first-order valence-corrected chi connectivity index (χ1v) is 9.18. The monoisotopic (exact) mass is 360 g/mol. The number of fused-ring (bicyclic) bond motifs is 1. The van der Waals surface area contributed by atoms with Gasteiger partial charge in [-0.1, -0.05) is 32.9 Å². The summed E-state index contributed by atoms with van der Waals surface area (Å²) in [5, 5.41) is 5.52. The first kappa shape index (κ1) is 19.8. The van der Waals surface area contributed by atoms with Crippen LogP contribution >= 0.6 is 0 Å². The number of amides is 2. The van der Waals surface area contributed by atoms with Crippen LogP contribution in [0.3, 0.4) is 0 Å². The molecule has 1 heterocycles. The average molecular weight is 360 g/mol. The fraction of sp³-hybridized carbons (Fsp3) is 0.526. The summed E-state index contributed by atoms with van der Waals surface area (Å²) in [5.74, 6) is -0.240. The Hall–Kier alpha value is -2.57. The third kappa shape index (κ3) is 4.74. The lowest BCUT2D eigenvalue weighted by Crippen LogP contribution is -2.36. The summed E-state index contributed by atoms with van der Waals surface area (Å²) in [6.45, 7) is 7.45. The zero-order valence-electron chi connectivity index (χ0n) is 15.7. The molecule has 0 radical (unpaired) electrons. The number of aromatic nitrogens is 2. The van der Waals surface area contributed by atoms with E-state index in [-0.39, 0.29) is 29.8 Å². The smallest absolute Gasteiger partial charge is 0.329 e. The number of imidazole rings is 1. The predicted octanol–water partition coefficient (Wildman–Crippen LogP) is 1.49. The SMILES string of the molecule is CCCn1c(=O)n(CCC(=O)NCCNC(=O)C(C)C)c2ccccc21. The second-order valence-electron chi connectivity index (χ2n) is 6.62. The van der Waals surface area contributed by atoms with E-state index in [1.54, 1.807) is 9.13 Å². The molecule has 2 aromatic rings. The van der Waals surface area contributed by atoms with Crippen LogP contribution in [0.25, 0.3) is 11.0 Å². The molecule has 0 aliphatic carbocycles. The van der Waals surface area contributed by atoms with E-state index in [9.17, 15) is 14.4 Å². The number of carbonyl (C=O) groups is 2. The quantitative estimate of drug-likeness (QED) is 0.665. The van der Waals surface area contributed by atoms with Gasteiger partial charge in [0, 0.05) is 38.5 Å². The molecule has 2 rings (SSSR count). The molecule has 1 aromatic carbocycles. The minimum absolute atomic E-state index is 0.0328. The normalized spacial score (nSPS) is 11.1. The summed E-state index contributed by atoms with van der Waals surface area (Å²) in [4.78, 5) is 36.1. The second kappa shape index (κ2) is 9.22. The number of benzene rings is 1. The molecule has 0 unspecified atom stereocenters. The van der Waals surface area contributed by atoms with E-state index in [0.29, 0.717) is 26.2 Å². The Balaban J connectivity index is 1.93. The highest BCUT2D eigenvalue weighted by molar-refractivity contribution is 5.79. The van der Waals surface area contributed by atoms with Crippen molar-refractivity contribution in [2.75, 3.05) is 13.1 Å². The third-order valence-electron chi connectivity index (χ3n) is 4.21. The number of carbonyl (C=O) groups excluding carboxylic acids is 2. The van der Waals surface area contributed by atoms with Gasteiger partial charge in [0.1, 0.15) is 0 Å². The number of para-hydroxylation sites is 2. The van der Waals surface area contributed by atoms with Crippen LogP contribution in [-0.4, -0.2) is 34.0 Å². The number of nitrogens with one attached hydrogen (secondary N) is 2. The Morgan fingerprint density at radius 1 is 1.00 bits per heavy atom. The van der Waals surface area contributed by atoms with Gasteiger partial charge in [-0.3, -0.25) is 18.7 Å². The van der Waals surface area contributed by atoms with E-state index in [4.69, 9.17) is 0 Å². The molecular formula is C19H28N4O3. The molecule has 0 aliphatic heterocycles. The summed E-state index contributed by atoms with van der Waals surface area (Å²) >= 11 is 0. The molecule has 0 aliphatic rings. The van der Waals surface area contributed by atoms with Gasteiger partial charge in [0.25, 0.3) is 0 Å². The maximum atomic E-state index is 12.6. The molecule has 0 fully saturated rings. The highest BCUT2D eigenvalue weighted by Crippen LogP contribution is 2.13. The Morgan fingerprint density at radius 3 is 2.15 bits per heavy atom. The molecule has 0 bridgehead atoms. The first-order chi connectivity index (χ1) is 12.5. The van der Waals surface area contributed by atoms with Crippen molar-refractivity contribution in [3.05, 3.63) is 34.7 Å². The molecule has 2 N–H and O–H groups in total. The molecular weight excluding hydrogens is 332 g/mol. The van der Waals surface area contributed by atoms with Crippen LogP contribution in [-0.2, 0) is 22.7 Å². The summed E-state index contributed by atoms with van der Waals surface area (Å²) in [7, 11) is 0. The van der Waals surface area contributed by atoms with Gasteiger partial charge in [-0.15, -0.1) is 0 Å². The fourth-order valence-electron chi connectivity index (χ4n) is 2.82. The van der Waals surface area contributed by atoms with Gasteiger partial charge in [-0.05, 0) is 18.6 Å². The van der Waals surface area contributed by atoms with Crippen molar-refractivity contribution in [3.8, 4) is 0 Å². The van der Waals surface area contributed by atoms with Gasteiger partial charge in [0.05, 0.1) is 11.0 Å². The number of aryl methyl sites for hydroxylation is 2. The largest absolute Gasteiger partial charge is 0.354 e. The molecule has 0 atom stereocenters. The van der Waals surface area contributed by atoms with Crippen LogP contribution in [0.5, 0.6) is 0 Å². The van der Waals surface area contributed by atoms with E-state index in [1.165, 1.54) is 0 Å². The number of hydrogen-bond acceptors (Lipinski definition) is 3. The molecule has 142 valence electrons. The van der Waals surface area contributed by atoms with Crippen LogP contribution in [0.1, 0.15) is 33.6 Å². The Labute approximate surface area is 153 Å². The summed E-state index contributed by atoms with van der Waals surface area (Å²) in [5.41, 5.74) is 1.67. The Morgan fingerprint density at radius 2 is 1.58 bits per heavy atom. The standard InChI is InChI=1S/C19H28N4O3/c1-4-12-22-15-7-5-6-8-16(15)23(19(22)26)13-9-17(24)20-10-11-21-18(25)14(2)3/h5-8,14H,4,9-13H2,1-3H3,(H,20,24)(H,21,25). The van der Waals surface area contributed by atoms with Crippen molar-refractivity contribution in [1.29, 1.82) is 0 Å². The number of nitrogens with zero attached hydrogens (tertiary/aromatic N) is 2. The zero-order valence-corrected chi connectivity index (χ0v) is 15.7. The van der Waals surface area contributed by atoms with Crippen molar-refractivity contribution < 1.29 is 9.59 Å². The number of rotatable bonds is 9. The Kier molecular flexibility index (Phi) is 7.00. The van der Waals surface area contributed by atoms with Crippen molar-refractivity contribution in [2.24, 2.45) is 5.92 Å². The van der Waals surface area contributed by atoms with Crippen LogP contribution in [0.15, 0.2) is 29.1 Å². The summed E-state index contributed by atoms with van der Waals surface area (Å²) in [6.07, 6.45) is 1.09. The predicted molar refractivity (Wildman–Crippen MR) is 102 cm³/mol.